The Kier molecular flexibility index (Phi) is 8.33. The largest absolute Gasteiger partial charge is 0.486 e. The number of benzene rings is 3. The van der Waals surface area contributed by atoms with Crippen LogP contribution < -0.4 is 10.1 Å². The van der Waals surface area contributed by atoms with E-state index in [-0.39, 0.29) is 40.8 Å². The molecule has 2 aliphatic carbocycles. The fourth-order valence-corrected chi connectivity index (χ4v) is 7.00. The van der Waals surface area contributed by atoms with Crippen molar-refractivity contribution in [1.29, 1.82) is 0 Å². The molecule has 0 bridgehead atoms. The first-order valence-electron chi connectivity index (χ1n) is 14.8. The molecule has 6 nitrogen and oxygen atoms in total. The second-order valence-corrected chi connectivity index (χ2v) is 12.9. The van der Waals surface area contributed by atoms with Gasteiger partial charge in [-0.15, -0.1) is 0 Å². The number of carbonyl (C=O) groups excluding carboxylic acids is 1. The number of fused-ring (bicyclic) bond motifs is 1. The summed E-state index contributed by atoms with van der Waals surface area (Å²) in [7, 11) is 0. The lowest BCUT2D eigenvalue weighted by atomic mass is 9.93. The van der Waals surface area contributed by atoms with E-state index in [1.54, 1.807) is 6.07 Å². The Hall–Kier alpha value is -3.43. The van der Waals surface area contributed by atoms with Crippen molar-refractivity contribution in [1.82, 2.24) is 15.4 Å². The molecule has 0 spiro atoms. The van der Waals surface area contributed by atoms with Gasteiger partial charge in [-0.2, -0.15) is 0 Å². The van der Waals surface area contributed by atoms with Crippen LogP contribution in [0.15, 0.2) is 70.8 Å². The van der Waals surface area contributed by atoms with E-state index in [0.29, 0.717) is 34.0 Å². The molecule has 2 heterocycles. The number of rotatable bonds is 9. The summed E-state index contributed by atoms with van der Waals surface area (Å²) in [6.45, 7) is 2.08. The van der Waals surface area contributed by atoms with Crippen LogP contribution in [0.5, 0.6) is 5.75 Å². The van der Waals surface area contributed by atoms with Crippen molar-refractivity contribution in [3.8, 4) is 17.0 Å². The number of carbonyl (C=O) groups is 1. The highest BCUT2D eigenvalue weighted by Crippen LogP contribution is 2.46. The number of nitrogens with one attached hydrogen (secondary N) is 1. The third kappa shape index (κ3) is 5.97. The number of ether oxygens (including phenoxy) is 1. The summed E-state index contributed by atoms with van der Waals surface area (Å²) in [6.07, 6.45) is 2.76. The average Bonchev–Trinajstić information content (AvgIpc) is 3.41. The minimum atomic E-state index is -0.748. The van der Waals surface area contributed by atoms with Crippen LogP contribution >= 0.6 is 34.8 Å². The van der Waals surface area contributed by atoms with Crippen LogP contribution in [0.1, 0.15) is 36.1 Å². The molecule has 3 aliphatic rings. The van der Waals surface area contributed by atoms with Crippen LogP contribution in [-0.4, -0.2) is 35.1 Å². The molecule has 2 fully saturated rings. The average molecular weight is 671 g/mol. The highest BCUT2D eigenvalue weighted by Gasteiger charge is 2.45. The van der Waals surface area contributed by atoms with E-state index in [4.69, 9.17) is 44.1 Å². The fraction of sp³-hybridized carbons (Fsp3) is 0.294. The lowest BCUT2D eigenvalue weighted by Gasteiger charge is -2.26. The molecule has 11 heteroatoms. The zero-order chi connectivity index (χ0) is 31.2. The summed E-state index contributed by atoms with van der Waals surface area (Å²) >= 11 is 18.8. The van der Waals surface area contributed by atoms with E-state index in [0.717, 1.165) is 66.8 Å². The lowest BCUT2D eigenvalue weighted by molar-refractivity contribution is -0.128. The van der Waals surface area contributed by atoms with Gasteiger partial charge in [-0.25, -0.2) is 8.78 Å². The summed E-state index contributed by atoms with van der Waals surface area (Å²) < 4.78 is 39.4. The van der Waals surface area contributed by atoms with E-state index in [1.165, 1.54) is 6.07 Å². The molecule has 1 amide bonds. The SMILES string of the molecule is O=C(C1=C(c2ccc(OCc3cc(-c4c(F)ccc(F)c4Cl)no3)cc2)C[C@H]2CNC[C@@H]12)N(Cc1cccc(Cl)c1Cl)C1CC1. The Balaban J connectivity index is 1.10. The van der Waals surface area contributed by atoms with Crippen LogP contribution in [0.2, 0.25) is 15.1 Å². The summed E-state index contributed by atoms with van der Waals surface area (Å²) in [6, 6.07) is 16.8. The van der Waals surface area contributed by atoms with Crippen LogP contribution in [0, 0.1) is 23.5 Å². The highest BCUT2D eigenvalue weighted by atomic mass is 35.5. The van der Waals surface area contributed by atoms with E-state index in [2.05, 4.69) is 10.5 Å². The van der Waals surface area contributed by atoms with Gasteiger partial charge in [0.1, 0.15) is 29.7 Å². The molecule has 232 valence electrons. The van der Waals surface area contributed by atoms with Crippen molar-refractivity contribution < 1.29 is 22.8 Å². The molecule has 1 aliphatic heterocycles. The van der Waals surface area contributed by atoms with Gasteiger partial charge >= 0.3 is 0 Å². The molecule has 4 aromatic rings. The van der Waals surface area contributed by atoms with Gasteiger partial charge in [0.2, 0.25) is 0 Å². The quantitative estimate of drug-likeness (QED) is 0.181. The highest BCUT2D eigenvalue weighted by molar-refractivity contribution is 6.42. The summed E-state index contributed by atoms with van der Waals surface area (Å²) in [5.74, 6) is 0.0261. The van der Waals surface area contributed by atoms with E-state index in [9.17, 15) is 13.6 Å². The number of nitrogens with zero attached hydrogens (tertiary/aromatic N) is 2. The van der Waals surface area contributed by atoms with Crippen molar-refractivity contribution in [3.63, 3.8) is 0 Å². The standard InChI is InChI=1S/C34H28Cl3F2N3O3/c35-26-3-1-2-19(32(26)36)16-42(21-6-7-21)34(43)30-24(12-20-14-40-15-25(20)30)18-4-8-22(9-5-18)44-17-23-13-29(41-45-23)31-27(38)10-11-28(39)33(31)37/h1-5,8-11,13,20-21,25,40H,6-7,12,14-17H2/t20-,25+/m0/s1. The smallest absolute Gasteiger partial charge is 0.250 e. The first-order chi connectivity index (χ1) is 21.8. The van der Waals surface area contributed by atoms with Crippen LogP contribution in [0.25, 0.3) is 16.8 Å². The number of halogens is 5. The number of aromatic nitrogens is 1. The van der Waals surface area contributed by atoms with Crippen LogP contribution in [0.3, 0.4) is 0 Å². The number of allylic oxidation sites excluding steroid dienone is 1. The zero-order valence-electron chi connectivity index (χ0n) is 24.0. The third-order valence-corrected chi connectivity index (χ3v) is 10.0. The second-order valence-electron chi connectivity index (χ2n) is 11.7. The maximum absolute atomic E-state index is 14.3. The molecule has 1 aromatic heterocycles. The molecule has 1 saturated carbocycles. The van der Waals surface area contributed by atoms with Crippen LogP contribution in [0.4, 0.5) is 8.78 Å². The van der Waals surface area contributed by atoms with E-state index < -0.39 is 11.6 Å². The predicted molar refractivity (Wildman–Crippen MR) is 169 cm³/mol. The lowest BCUT2D eigenvalue weighted by Crippen LogP contribution is -2.36. The fourth-order valence-electron chi connectivity index (χ4n) is 6.37. The molecule has 0 radical (unpaired) electrons. The number of hydrogen-bond acceptors (Lipinski definition) is 5. The van der Waals surface area contributed by atoms with Crippen molar-refractivity contribution in [2.24, 2.45) is 11.8 Å². The minimum Gasteiger partial charge on any atom is -0.486 e. The monoisotopic (exact) mass is 669 g/mol. The van der Waals surface area contributed by atoms with E-state index >= 15 is 0 Å². The van der Waals surface area contributed by atoms with E-state index in [1.807, 2.05) is 41.3 Å². The molecule has 45 heavy (non-hydrogen) atoms. The Morgan fingerprint density at radius 2 is 1.78 bits per heavy atom. The molecular weight excluding hydrogens is 643 g/mol. The first kappa shape index (κ1) is 30.2. The van der Waals surface area contributed by atoms with Crippen LogP contribution in [-0.2, 0) is 17.9 Å². The van der Waals surface area contributed by atoms with Crippen molar-refractivity contribution in [2.45, 2.75) is 38.5 Å². The Labute approximate surface area is 273 Å². The van der Waals surface area contributed by atoms with Crippen molar-refractivity contribution >= 4 is 46.3 Å². The molecule has 2 atom stereocenters. The van der Waals surface area contributed by atoms with Gasteiger partial charge in [0.15, 0.2) is 5.76 Å². The number of amides is 1. The molecule has 3 aromatic carbocycles. The molecule has 7 rings (SSSR count). The van der Waals surface area contributed by atoms with Gasteiger partial charge in [-0.05, 0) is 78.8 Å². The summed E-state index contributed by atoms with van der Waals surface area (Å²) in [5, 5.41) is 7.91. The van der Waals surface area contributed by atoms with Gasteiger partial charge in [-0.1, -0.05) is 64.2 Å². The summed E-state index contributed by atoms with van der Waals surface area (Å²) in [5.41, 5.74) is 3.68. The molecule has 1 saturated heterocycles. The van der Waals surface area contributed by atoms with Gasteiger partial charge < -0.3 is 19.5 Å². The third-order valence-electron chi connectivity index (χ3n) is 8.80. The molecule has 0 unspecified atom stereocenters. The van der Waals surface area contributed by atoms with Crippen molar-refractivity contribution in [2.75, 3.05) is 13.1 Å². The number of hydrogen-bond donors (Lipinski definition) is 1. The van der Waals surface area contributed by atoms with Gasteiger partial charge in [0.05, 0.1) is 20.6 Å². The Bertz CT molecular complexity index is 1810. The normalized spacial score (nSPS) is 19.2. The second kappa shape index (κ2) is 12.4. The van der Waals surface area contributed by atoms with Gasteiger partial charge in [0, 0.05) is 36.7 Å². The van der Waals surface area contributed by atoms with Gasteiger partial charge in [0.25, 0.3) is 5.91 Å². The Morgan fingerprint density at radius 1 is 1.00 bits per heavy atom. The maximum Gasteiger partial charge on any atom is 0.250 e. The topological polar surface area (TPSA) is 67.6 Å². The molecule has 1 N–H and O–H groups in total. The van der Waals surface area contributed by atoms with Gasteiger partial charge in [-0.3, -0.25) is 4.79 Å². The minimum absolute atomic E-state index is 0.0194. The van der Waals surface area contributed by atoms with Crippen molar-refractivity contribution in [3.05, 3.63) is 110 Å². The summed E-state index contributed by atoms with van der Waals surface area (Å²) in [4.78, 5) is 16.3. The maximum atomic E-state index is 14.3. The zero-order valence-corrected chi connectivity index (χ0v) is 26.2. The Morgan fingerprint density at radius 3 is 2.56 bits per heavy atom. The molecular formula is C34H28Cl3F2N3O3. The first-order valence-corrected chi connectivity index (χ1v) is 15.9. The predicted octanol–water partition coefficient (Wildman–Crippen LogP) is 8.34.